The number of methoxy groups -OCH3 is 1. The highest BCUT2D eigenvalue weighted by atomic mass is 16.5. The van der Waals surface area contributed by atoms with Crippen LogP contribution in [-0.2, 0) is 4.74 Å². The first-order chi connectivity index (χ1) is 9.31. The lowest BCUT2D eigenvalue weighted by atomic mass is 10.2. The van der Waals surface area contributed by atoms with Gasteiger partial charge in [-0.05, 0) is 12.1 Å². The largest absolute Gasteiger partial charge is 0.488 e. The zero-order valence-electron chi connectivity index (χ0n) is 10.7. The summed E-state index contributed by atoms with van der Waals surface area (Å²) in [6.07, 6.45) is 0. The summed E-state index contributed by atoms with van der Waals surface area (Å²) in [6, 6.07) is 7.20. The second-order valence-electron chi connectivity index (χ2n) is 4.37. The van der Waals surface area contributed by atoms with Crippen LogP contribution in [0.3, 0.4) is 0 Å². The van der Waals surface area contributed by atoms with Crippen molar-refractivity contribution in [3.05, 3.63) is 34.5 Å². The zero-order valence-corrected chi connectivity index (χ0v) is 10.7. The van der Waals surface area contributed by atoms with Gasteiger partial charge in [0.15, 0.2) is 0 Å². The molecular weight excluding hydrogens is 246 g/mol. The predicted molar refractivity (Wildman–Crippen MR) is 72.1 cm³/mol. The van der Waals surface area contributed by atoms with E-state index in [1.165, 1.54) is 7.11 Å². The van der Waals surface area contributed by atoms with E-state index in [4.69, 9.17) is 13.9 Å². The predicted octanol–water partition coefficient (Wildman–Crippen LogP) is 1.64. The molecule has 100 valence electrons. The van der Waals surface area contributed by atoms with E-state index in [2.05, 4.69) is 0 Å². The molecule has 1 aliphatic heterocycles. The van der Waals surface area contributed by atoms with Crippen molar-refractivity contribution in [3.8, 4) is 5.75 Å². The van der Waals surface area contributed by atoms with Gasteiger partial charge in [0.1, 0.15) is 5.58 Å². The van der Waals surface area contributed by atoms with Crippen LogP contribution in [-0.4, -0.2) is 33.4 Å². The molecule has 5 heteroatoms. The first-order valence-corrected chi connectivity index (χ1v) is 6.24. The highest BCUT2D eigenvalue weighted by molar-refractivity contribution is 5.80. The highest BCUT2D eigenvalue weighted by Gasteiger charge is 2.22. The molecule has 0 unspecified atom stereocenters. The Morgan fingerprint density at radius 2 is 1.95 bits per heavy atom. The third kappa shape index (κ3) is 2.06. The molecule has 0 atom stereocenters. The summed E-state index contributed by atoms with van der Waals surface area (Å²) in [6.45, 7) is 2.63. The molecule has 1 aromatic heterocycles. The van der Waals surface area contributed by atoms with Gasteiger partial charge < -0.3 is 18.8 Å². The fourth-order valence-corrected chi connectivity index (χ4v) is 2.27. The molecule has 0 saturated carbocycles. The number of anilines is 1. The Bertz CT molecular complexity index is 643. The maximum absolute atomic E-state index is 12.4. The van der Waals surface area contributed by atoms with E-state index in [0.29, 0.717) is 43.2 Å². The van der Waals surface area contributed by atoms with Crippen LogP contribution in [0.25, 0.3) is 11.0 Å². The van der Waals surface area contributed by atoms with Crippen LogP contribution in [0, 0.1) is 0 Å². The molecule has 2 aromatic rings. The Labute approximate surface area is 110 Å². The van der Waals surface area contributed by atoms with Gasteiger partial charge >= 0.3 is 0 Å². The summed E-state index contributed by atoms with van der Waals surface area (Å²) in [7, 11) is 1.49. The van der Waals surface area contributed by atoms with Gasteiger partial charge in [-0.15, -0.1) is 0 Å². The maximum Gasteiger partial charge on any atom is 0.243 e. The monoisotopic (exact) mass is 261 g/mol. The summed E-state index contributed by atoms with van der Waals surface area (Å²) in [5.74, 6) is 0.759. The van der Waals surface area contributed by atoms with E-state index >= 15 is 0 Å². The smallest absolute Gasteiger partial charge is 0.243 e. The Balaban J connectivity index is 2.19. The van der Waals surface area contributed by atoms with E-state index in [0.717, 1.165) is 0 Å². The van der Waals surface area contributed by atoms with Crippen LogP contribution < -0.4 is 15.1 Å². The number of nitrogens with zero attached hydrogens (tertiary/aromatic N) is 1. The van der Waals surface area contributed by atoms with E-state index in [1.54, 1.807) is 12.1 Å². The van der Waals surface area contributed by atoms with Crippen molar-refractivity contribution < 1.29 is 13.9 Å². The molecule has 19 heavy (non-hydrogen) atoms. The Kier molecular flexibility index (Phi) is 3.13. The fraction of sp³-hybridized carbons (Fsp3) is 0.357. The third-order valence-corrected chi connectivity index (χ3v) is 3.24. The van der Waals surface area contributed by atoms with Crippen molar-refractivity contribution in [1.29, 1.82) is 0 Å². The summed E-state index contributed by atoms with van der Waals surface area (Å²) in [5, 5.41) is 0.538. The average molecular weight is 261 g/mol. The van der Waals surface area contributed by atoms with Gasteiger partial charge in [0.25, 0.3) is 0 Å². The molecule has 3 rings (SSSR count). The van der Waals surface area contributed by atoms with Crippen LogP contribution in [0.5, 0.6) is 5.75 Å². The lowest BCUT2D eigenvalue weighted by molar-refractivity contribution is 0.120. The molecule has 0 radical (unpaired) electrons. The quantitative estimate of drug-likeness (QED) is 0.822. The molecule has 1 aromatic carbocycles. The van der Waals surface area contributed by atoms with Gasteiger partial charge in [-0.1, -0.05) is 12.1 Å². The third-order valence-electron chi connectivity index (χ3n) is 3.24. The van der Waals surface area contributed by atoms with Gasteiger partial charge in [0.2, 0.25) is 17.1 Å². The van der Waals surface area contributed by atoms with Gasteiger partial charge in [-0.2, -0.15) is 0 Å². The second-order valence-corrected chi connectivity index (χ2v) is 4.37. The van der Waals surface area contributed by atoms with Gasteiger partial charge in [0, 0.05) is 13.1 Å². The van der Waals surface area contributed by atoms with Gasteiger partial charge in [-0.25, -0.2) is 0 Å². The van der Waals surface area contributed by atoms with E-state index in [9.17, 15) is 4.79 Å². The number of fused-ring (bicyclic) bond motifs is 1. The lowest BCUT2D eigenvalue weighted by Crippen LogP contribution is -2.37. The first kappa shape index (κ1) is 12.0. The zero-order chi connectivity index (χ0) is 13.2. The van der Waals surface area contributed by atoms with Crippen LogP contribution in [0.15, 0.2) is 33.5 Å². The van der Waals surface area contributed by atoms with Crippen molar-refractivity contribution in [2.75, 3.05) is 38.3 Å². The molecule has 0 bridgehead atoms. The normalized spacial score (nSPS) is 15.7. The van der Waals surface area contributed by atoms with Gasteiger partial charge in [0.05, 0.1) is 25.7 Å². The molecule has 1 saturated heterocycles. The molecule has 0 spiro atoms. The molecule has 1 aliphatic rings. The number of para-hydroxylation sites is 1. The fourth-order valence-electron chi connectivity index (χ4n) is 2.27. The number of benzene rings is 1. The van der Waals surface area contributed by atoms with Crippen LogP contribution >= 0.6 is 0 Å². The van der Waals surface area contributed by atoms with Crippen LogP contribution in [0.1, 0.15) is 0 Å². The van der Waals surface area contributed by atoms with Crippen molar-refractivity contribution in [2.45, 2.75) is 0 Å². The van der Waals surface area contributed by atoms with Crippen molar-refractivity contribution in [2.24, 2.45) is 0 Å². The maximum atomic E-state index is 12.4. The standard InChI is InChI=1S/C14H15NO4/c1-17-13-12(16)10-4-2-3-5-11(10)19-14(13)15-6-8-18-9-7-15/h2-5H,6-9H2,1H3. The Morgan fingerprint density at radius 1 is 1.21 bits per heavy atom. The topological polar surface area (TPSA) is 51.9 Å². The molecule has 0 N–H and O–H groups in total. The number of rotatable bonds is 2. The molecule has 0 amide bonds. The van der Waals surface area contributed by atoms with E-state index in [1.807, 2.05) is 17.0 Å². The van der Waals surface area contributed by atoms with Crippen molar-refractivity contribution in [3.63, 3.8) is 0 Å². The van der Waals surface area contributed by atoms with E-state index in [-0.39, 0.29) is 11.2 Å². The molecule has 5 nitrogen and oxygen atoms in total. The molecule has 2 heterocycles. The summed E-state index contributed by atoms with van der Waals surface area (Å²) in [4.78, 5) is 14.4. The molecule has 1 fully saturated rings. The van der Waals surface area contributed by atoms with Crippen molar-refractivity contribution in [1.82, 2.24) is 0 Å². The lowest BCUT2D eigenvalue weighted by Gasteiger charge is -2.28. The van der Waals surface area contributed by atoms with E-state index < -0.39 is 0 Å². The SMILES string of the molecule is COc1c(N2CCOCC2)oc2ccccc2c1=O. The number of hydrogen-bond donors (Lipinski definition) is 0. The minimum Gasteiger partial charge on any atom is -0.488 e. The molecular formula is C14H15NO4. The summed E-state index contributed by atoms with van der Waals surface area (Å²) in [5.41, 5.74) is 0.445. The van der Waals surface area contributed by atoms with Crippen LogP contribution in [0.2, 0.25) is 0 Å². The van der Waals surface area contributed by atoms with Gasteiger partial charge in [-0.3, -0.25) is 4.79 Å². The van der Waals surface area contributed by atoms with Crippen molar-refractivity contribution >= 4 is 16.9 Å². The highest BCUT2D eigenvalue weighted by Crippen LogP contribution is 2.29. The summed E-state index contributed by atoms with van der Waals surface area (Å²) < 4.78 is 16.4. The number of morpholine rings is 1. The van der Waals surface area contributed by atoms with Crippen LogP contribution in [0.4, 0.5) is 5.88 Å². The summed E-state index contributed by atoms with van der Waals surface area (Å²) >= 11 is 0. The Morgan fingerprint density at radius 3 is 2.68 bits per heavy atom. The number of ether oxygens (including phenoxy) is 2. The first-order valence-electron chi connectivity index (χ1n) is 6.24. The Hall–Kier alpha value is -2.01. The minimum absolute atomic E-state index is 0.133. The average Bonchev–Trinajstić information content (AvgIpc) is 2.48. The second kappa shape index (κ2) is 4.93. The molecule has 0 aliphatic carbocycles. The number of hydrogen-bond acceptors (Lipinski definition) is 5. The minimum atomic E-state index is -0.133.